The first-order chi connectivity index (χ1) is 7.26. The summed E-state index contributed by atoms with van der Waals surface area (Å²) in [4.78, 5) is 3.78. The van der Waals surface area contributed by atoms with E-state index in [1.54, 1.807) is 11.8 Å². The SMILES string of the molecule is C/C=C(/CC(N)CN1CCCC1)SCCl. The predicted octanol–water partition coefficient (Wildman–Crippen LogP) is 2.63. The normalized spacial score (nSPS) is 20.9. The van der Waals surface area contributed by atoms with E-state index in [-0.39, 0.29) is 6.04 Å². The molecule has 1 rings (SSSR count). The highest BCUT2D eigenvalue weighted by Gasteiger charge is 2.15. The molecule has 0 amide bonds. The molecule has 0 aromatic rings. The third-order valence-corrected chi connectivity index (χ3v) is 3.93. The van der Waals surface area contributed by atoms with E-state index in [9.17, 15) is 0 Å². The maximum absolute atomic E-state index is 6.12. The minimum atomic E-state index is 0.255. The van der Waals surface area contributed by atoms with Crippen LogP contribution in [0.4, 0.5) is 0 Å². The molecule has 4 heteroatoms. The van der Waals surface area contributed by atoms with Gasteiger partial charge in [0.2, 0.25) is 0 Å². The number of nitrogens with zero attached hydrogens (tertiary/aromatic N) is 1. The van der Waals surface area contributed by atoms with Crippen LogP contribution in [0.1, 0.15) is 26.2 Å². The minimum Gasteiger partial charge on any atom is -0.326 e. The number of nitrogens with two attached hydrogens (primary N) is 1. The molecule has 1 unspecified atom stereocenters. The van der Waals surface area contributed by atoms with Gasteiger partial charge in [0.1, 0.15) is 0 Å². The topological polar surface area (TPSA) is 29.3 Å². The summed E-state index contributed by atoms with van der Waals surface area (Å²) in [5.74, 6) is 0. The molecule has 2 N–H and O–H groups in total. The summed E-state index contributed by atoms with van der Waals surface area (Å²) in [5, 5.41) is 0.621. The molecule has 0 aromatic carbocycles. The highest BCUT2D eigenvalue weighted by Crippen LogP contribution is 2.22. The molecule has 1 saturated heterocycles. The number of likely N-dealkylation sites (tertiary alicyclic amines) is 1. The minimum absolute atomic E-state index is 0.255. The van der Waals surface area contributed by atoms with Crippen molar-refractivity contribution in [3.8, 4) is 0 Å². The Balaban J connectivity index is 2.24. The Morgan fingerprint density at radius 1 is 1.53 bits per heavy atom. The Morgan fingerprint density at radius 2 is 2.20 bits per heavy atom. The third kappa shape index (κ3) is 5.25. The number of thioether (sulfide) groups is 1. The van der Waals surface area contributed by atoms with Crippen molar-refractivity contribution in [2.45, 2.75) is 32.2 Å². The van der Waals surface area contributed by atoms with Gasteiger partial charge in [-0.3, -0.25) is 0 Å². The standard InChI is InChI=1S/C11H21ClN2S/c1-2-11(15-9-12)7-10(13)8-14-5-3-4-6-14/h2,10H,3-9,13H2,1H3/b11-2-. The first-order valence-corrected chi connectivity index (χ1v) is 7.10. The van der Waals surface area contributed by atoms with Crippen molar-refractivity contribution in [3.63, 3.8) is 0 Å². The first-order valence-electron chi connectivity index (χ1n) is 5.58. The van der Waals surface area contributed by atoms with Crippen LogP contribution in [0.2, 0.25) is 0 Å². The molecule has 1 heterocycles. The fraction of sp³-hybridized carbons (Fsp3) is 0.818. The molecule has 0 aromatic heterocycles. The van der Waals surface area contributed by atoms with Gasteiger partial charge in [-0.1, -0.05) is 6.08 Å². The van der Waals surface area contributed by atoms with E-state index in [0.29, 0.717) is 5.21 Å². The van der Waals surface area contributed by atoms with E-state index in [2.05, 4.69) is 17.9 Å². The van der Waals surface area contributed by atoms with Gasteiger partial charge in [-0.15, -0.1) is 23.4 Å². The van der Waals surface area contributed by atoms with Gasteiger partial charge >= 0.3 is 0 Å². The van der Waals surface area contributed by atoms with Crippen LogP contribution in [0.3, 0.4) is 0 Å². The van der Waals surface area contributed by atoms with Crippen LogP contribution < -0.4 is 5.73 Å². The molecule has 2 nitrogen and oxygen atoms in total. The third-order valence-electron chi connectivity index (χ3n) is 2.72. The van der Waals surface area contributed by atoms with Crippen LogP contribution in [0.25, 0.3) is 0 Å². The summed E-state index contributed by atoms with van der Waals surface area (Å²) < 4.78 is 0. The second-order valence-corrected chi connectivity index (χ2v) is 5.67. The van der Waals surface area contributed by atoms with E-state index in [0.717, 1.165) is 13.0 Å². The smallest absolute Gasteiger partial charge is 0.0724 e. The summed E-state index contributed by atoms with van der Waals surface area (Å²) in [6.45, 7) is 5.53. The second-order valence-electron chi connectivity index (χ2n) is 3.98. The van der Waals surface area contributed by atoms with E-state index in [4.69, 9.17) is 17.3 Å². The fourth-order valence-electron chi connectivity index (χ4n) is 1.95. The Labute approximate surface area is 102 Å². The second kappa shape index (κ2) is 7.55. The van der Waals surface area contributed by atoms with Crippen molar-refractivity contribution in [1.82, 2.24) is 4.90 Å². The van der Waals surface area contributed by atoms with Crippen molar-refractivity contribution in [2.24, 2.45) is 5.73 Å². The summed E-state index contributed by atoms with van der Waals surface area (Å²) in [7, 11) is 0. The molecule has 0 bridgehead atoms. The Hall–Kier alpha value is 0.300. The lowest BCUT2D eigenvalue weighted by Gasteiger charge is -2.20. The van der Waals surface area contributed by atoms with Crippen molar-refractivity contribution >= 4 is 23.4 Å². The lowest BCUT2D eigenvalue weighted by Crippen LogP contribution is -2.36. The Bertz CT molecular complexity index is 203. The lowest BCUT2D eigenvalue weighted by molar-refractivity contribution is 0.314. The molecule has 0 spiro atoms. The van der Waals surface area contributed by atoms with Crippen LogP contribution >= 0.6 is 23.4 Å². The number of allylic oxidation sites excluding steroid dienone is 1. The summed E-state index contributed by atoms with van der Waals surface area (Å²) in [6, 6.07) is 0.255. The van der Waals surface area contributed by atoms with Gasteiger partial charge in [0.05, 0.1) is 5.21 Å². The molecule has 88 valence electrons. The van der Waals surface area contributed by atoms with Crippen molar-refractivity contribution in [3.05, 3.63) is 11.0 Å². The Morgan fingerprint density at radius 3 is 2.73 bits per heavy atom. The van der Waals surface area contributed by atoms with Crippen LogP contribution in [0.5, 0.6) is 0 Å². The zero-order chi connectivity index (χ0) is 11.1. The van der Waals surface area contributed by atoms with Gasteiger partial charge in [-0.05, 0) is 44.2 Å². The highest BCUT2D eigenvalue weighted by molar-refractivity contribution is 8.04. The van der Waals surface area contributed by atoms with Gasteiger partial charge in [0, 0.05) is 12.6 Å². The molecule has 1 atom stereocenters. The monoisotopic (exact) mass is 248 g/mol. The van der Waals surface area contributed by atoms with E-state index < -0.39 is 0 Å². The number of halogens is 1. The summed E-state index contributed by atoms with van der Waals surface area (Å²) in [5.41, 5.74) is 6.12. The maximum atomic E-state index is 6.12. The quantitative estimate of drug-likeness (QED) is 0.733. The van der Waals surface area contributed by atoms with Crippen LogP contribution in [0, 0.1) is 0 Å². The average molecular weight is 249 g/mol. The van der Waals surface area contributed by atoms with Crippen LogP contribution in [0.15, 0.2) is 11.0 Å². The van der Waals surface area contributed by atoms with E-state index >= 15 is 0 Å². The van der Waals surface area contributed by atoms with E-state index in [1.807, 2.05) is 0 Å². The molecule has 0 radical (unpaired) electrons. The van der Waals surface area contributed by atoms with Gasteiger partial charge in [0.15, 0.2) is 0 Å². The van der Waals surface area contributed by atoms with Gasteiger partial charge in [0.25, 0.3) is 0 Å². The molecule has 0 saturated carbocycles. The number of rotatable bonds is 6. The van der Waals surface area contributed by atoms with Crippen LogP contribution in [-0.2, 0) is 0 Å². The largest absolute Gasteiger partial charge is 0.326 e. The average Bonchev–Trinajstić information content (AvgIpc) is 2.69. The van der Waals surface area contributed by atoms with Crippen molar-refractivity contribution in [2.75, 3.05) is 24.8 Å². The molecule has 1 fully saturated rings. The Kier molecular flexibility index (Phi) is 6.73. The summed E-state index contributed by atoms with van der Waals surface area (Å²) in [6.07, 6.45) is 5.75. The molecular weight excluding hydrogens is 228 g/mol. The molecule has 15 heavy (non-hydrogen) atoms. The van der Waals surface area contributed by atoms with Crippen LogP contribution in [-0.4, -0.2) is 35.8 Å². The molecule has 1 aliphatic heterocycles. The van der Waals surface area contributed by atoms with E-state index in [1.165, 1.54) is 30.8 Å². The lowest BCUT2D eigenvalue weighted by atomic mass is 10.2. The van der Waals surface area contributed by atoms with Gasteiger partial charge in [-0.25, -0.2) is 0 Å². The maximum Gasteiger partial charge on any atom is 0.0724 e. The first kappa shape index (κ1) is 13.4. The van der Waals surface area contributed by atoms with Gasteiger partial charge < -0.3 is 10.6 Å². The van der Waals surface area contributed by atoms with Gasteiger partial charge in [-0.2, -0.15) is 0 Å². The number of hydrogen-bond acceptors (Lipinski definition) is 3. The summed E-state index contributed by atoms with van der Waals surface area (Å²) >= 11 is 7.39. The zero-order valence-electron chi connectivity index (χ0n) is 9.42. The highest BCUT2D eigenvalue weighted by atomic mass is 35.5. The fourth-order valence-corrected chi connectivity index (χ4v) is 3.01. The molecular formula is C11H21ClN2S. The van der Waals surface area contributed by atoms with Crippen molar-refractivity contribution < 1.29 is 0 Å². The number of hydrogen-bond donors (Lipinski definition) is 1. The predicted molar refractivity (Wildman–Crippen MR) is 70.3 cm³/mol. The number of alkyl halides is 1. The van der Waals surface area contributed by atoms with Crippen molar-refractivity contribution in [1.29, 1.82) is 0 Å². The molecule has 0 aliphatic carbocycles. The molecule has 1 aliphatic rings. The zero-order valence-corrected chi connectivity index (χ0v) is 11.0.